The molecule has 2 rings (SSSR count). The van der Waals surface area contributed by atoms with Crippen LogP contribution in [0.15, 0.2) is 45.9 Å². The molecule has 0 unspecified atom stereocenters. The zero-order chi connectivity index (χ0) is 10.1. The maximum absolute atomic E-state index is 11.6. The predicted octanol–water partition coefficient (Wildman–Crippen LogP) is 1.94. The lowest BCUT2D eigenvalue weighted by atomic mass is 10.3. The van der Waals surface area contributed by atoms with Crippen LogP contribution in [-0.4, -0.2) is 9.13 Å². The summed E-state index contributed by atoms with van der Waals surface area (Å²) in [4.78, 5) is 11.6. The van der Waals surface area contributed by atoms with Crippen LogP contribution in [0.4, 0.5) is 0 Å². The lowest BCUT2D eigenvalue weighted by Gasteiger charge is -2.00. The van der Waals surface area contributed by atoms with Crippen LogP contribution >= 0.6 is 15.9 Å². The molecule has 72 valence electrons. The van der Waals surface area contributed by atoms with Gasteiger partial charge < -0.3 is 4.57 Å². The summed E-state index contributed by atoms with van der Waals surface area (Å²) in [5.41, 5.74) is 0.827. The van der Waals surface area contributed by atoms with Gasteiger partial charge in [0.25, 0.3) is 0 Å². The Hall–Kier alpha value is -1.29. The van der Waals surface area contributed by atoms with E-state index in [4.69, 9.17) is 0 Å². The first-order valence-corrected chi connectivity index (χ1v) is 4.98. The fraction of sp³-hybridized carbons (Fsp3) is 0.100. The monoisotopic (exact) mass is 252 g/mol. The van der Waals surface area contributed by atoms with Crippen LogP contribution in [0.3, 0.4) is 0 Å². The lowest BCUT2D eigenvalue weighted by Crippen LogP contribution is -2.20. The Morgan fingerprint density at radius 1 is 1.29 bits per heavy atom. The number of aromatic nitrogens is 2. The van der Waals surface area contributed by atoms with Crippen molar-refractivity contribution in [2.24, 2.45) is 7.05 Å². The second-order valence-electron chi connectivity index (χ2n) is 3.04. The first-order valence-electron chi connectivity index (χ1n) is 4.18. The van der Waals surface area contributed by atoms with E-state index in [0.29, 0.717) is 0 Å². The summed E-state index contributed by atoms with van der Waals surface area (Å²) < 4.78 is 4.11. The van der Waals surface area contributed by atoms with Gasteiger partial charge in [-0.2, -0.15) is 0 Å². The maximum atomic E-state index is 11.6. The lowest BCUT2D eigenvalue weighted by molar-refractivity contribution is 0.824. The normalized spacial score (nSPS) is 10.4. The molecular weight excluding hydrogens is 244 g/mol. The third-order valence-electron chi connectivity index (χ3n) is 2.03. The Labute approximate surface area is 89.7 Å². The second-order valence-corrected chi connectivity index (χ2v) is 3.96. The molecule has 0 aliphatic heterocycles. The number of aryl methyl sites for hydroxylation is 1. The van der Waals surface area contributed by atoms with Crippen LogP contribution in [0, 0.1) is 0 Å². The van der Waals surface area contributed by atoms with Crippen molar-refractivity contribution < 1.29 is 0 Å². The van der Waals surface area contributed by atoms with Gasteiger partial charge in [-0.1, -0.05) is 22.0 Å². The first kappa shape index (κ1) is 9.27. The molecular formula is C10H9BrN2O. The Kier molecular flexibility index (Phi) is 2.29. The average Bonchev–Trinajstić information content (AvgIpc) is 2.48. The highest BCUT2D eigenvalue weighted by molar-refractivity contribution is 9.10. The molecule has 4 heteroatoms. The van der Waals surface area contributed by atoms with Gasteiger partial charge in [-0.3, -0.25) is 4.57 Å². The van der Waals surface area contributed by atoms with Crippen molar-refractivity contribution >= 4 is 15.9 Å². The molecule has 1 aromatic carbocycles. The number of rotatable bonds is 1. The van der Waals surface area contributed by atoms with Crippen LogP contribution in [-0.2, 0) is 7.05 Å². The van der Waals surface area contributed by atoms with Gasteiger partial charge in [0, 0.05) is 23.9 Å². The van der Waals surface area contributed by atoms with Crippen molar-refractivity contribution in [1.29, 1.82) is 0 Å². The summed E-state index contributed by atoms with van der Waals surface area (Å²) in [6, 6.07) is 7.63. The number of hydrogen-bond donors (Lipinski definition) is 0. The largest absolute Gasteiger partial charge is 0.332 e. The van der Waals surface area contributed by atoms with Gasteiger partial charge in [0.2, 0.25) is 0 Å². The molecule has 0 radical (unpaired) electrons. The van der Waals surface area contributed by atoms with E-state index in [0.717, 1.165) is 10.2 Å². The maximum Gasteiger partial charge on any atom is 0.332 e. The molecule has 14 heavy (non-hydrogen) atoms. The summed E-state index contributed by atoms with van der Waals surface area (Å²) in [6.07, 6.45) is 3.49. The summed E-state index contributed by atoms with van der Waals surface area (Å²) in [7, 11) is 1.73. The van der Waals surface area contributed by atoms with Gasteiger partial charge in [-0.05, 0) is 18.2 Å². The second kappa shape index (κ2) is 3.46. The molecule has 0 fully saturated rings. The molecule has 1 aromatic heterocycles. The van der Waals surface area contributed by atoms with Gasteiger partial charge in [-0.15, -0.1) is 0 Å². The van der Waals surface area contributed by atoms with Crippen molar-refractivity contribution in [3.05, 3.63) is 51.6 Å². The van der Waals surface area contributed by atoms with Crippen molar-refractivity contribution in [2.45, 2.75) is 0 Å². The molecule has 3 nitrogen and oxygen atoms in total. The van der Waals surface area contributed by atoms with E-state index in [2.05, 4.69) is 15.9 Å². The van der Waals surface area contributed by atoms with Crippen molar-refractivity contribution in [3.63, 3.8) is 0 Å². The van der Waals surface area contributed by atoms with Gasteiger partial charge in [-0.25, -0.2) is 4.79 Å². The Balaban J connectivity index is 2.60. The molecule has 0 saturated carbocycles. The highest BCUT2D eigenvalue weighted by Gasteiger charge is 2.01. The molecule has 0 aliphatic carbocycles. The fourth-order valence-corrected chi connectivity index (χ4v) is 1.67. The minimum atomic E-state index is -0.0388. The van der Waals surface area contributed by atoms with E-state index in [1.807, 2.05) is 24.3 Å². The standard InChI is InChI=1S/C10H9BrN2O/c1-12-5-6-13(10(12)14)9-4-2-3-8(11)7-9/h2-7H,1H3. The van der Waals surface area contributed by atoms with E-state index in [9.17, 15) is 4.79 Å². The molecule has 0 bridgehead atoms. The van der Waals surface area contributed by atoms with E-state index in [1.54, 1.807) is 28.6 Å². The number of imidazole rings is 1. The molecule has 0 saturated heterocycles. The first-order chi connectivity index (χ1) is 6.68. The highest BCUT2D eigenvalue weighted by Crippen LogP contribution is 2.13. The average molecular weight is 253 g/mol. The zero-order valence-electron chi connectivity index (χ0n) is 7.64. The van der Waals surface area contributed by atoms with Gasteiger partial charge in [0.05, 0.1) is 5.69 Å². The smallest absolute Gasteiger partial charge is 0.302 e. The molecule has 0 aliphatic rings. The molecule has 0 spiro atoms. The summed E-state index contributed by atoms with van der Waals surface area (Å²) in [6.45, 7) is 0. The molecule has 0 atom stereocenters. The topological polar surface area (TPSA) is 26.9 Å². The predicted molar refractivity (Wildman–Crippen MR) is 58.7 cm³/mol. The van der Waals surface area contributed by atoms with E-state index in [1.165, 1.54) is 0 Å². The van der Waals surface area contributed by atoms with Gasteiger partial charge in [0.1, 0.15) is 0 Å². The van der Waals surface area contributed by atoms with Crippen LogP contribution in [0.5, 0.6) is 0 Å². The van der Waals surface area contributed by atoms with Crippen LogP contribution < -0.4 is 5.69 Å². The summed E-state index contributed by atoms with van der Waals surface area (Å²) >= 11 is 3.37. The zero-order valence-corrected chi connectivity index (χ0v) is 9.23. The minimum absolute atomic E-state index is 0.0388. The Morgan fingerprint density at radius 3 is 2.64 bits per heavy atom. The SMILES string of the molecule is Cn1ccn(-c2cccc(Br)c2)c1=O. The van der Waals surface area contributed by atoms with Gasteiger partial charge in [0.15, 0.2) is 0 Å². The Morgan fingerprint density at radius 2 is 2.07 bits per heavy atom. The third kappa shape index (κ3) is 1.53. The quantitative estimate of drug-likeness (QED) is 0.762. The van der Waals surface area contributed by atoms with E-state index < -0.39 is 0 Å². The highest BCUT2D eigenvalue weighted by atomic mass is 79.9. The van der Waals surface area contributed by atoms with Crippen LogP contribution in [0.25, 0.3) is 5.69 Å². The number of benzene rings is 1. The number of halogens is 1. The molecule has 2 aromatic rings. The molecule has 0 N–H and O–H groups in total. The summed E-state index contributed by atoms with van der Waals surface area (Å²) in [5, 5.41) is 0. The number of nitrogens with zero attached hydrogens (tertiary/aromatic N) is 2. The van der Waals surface area contributed by atoms with E-state index >= 15 is 0 Å². The van der Waals surface area contributed by atoms with Crippen molar-refractivity contribution in [1.82, 2.24) is 9.13 Å². The van der Waals surface area contributed by atoms with Crippen LogP contribution in [0.2, 0.25) is 0 Å². The summed E-state index contributed by atoms with van der Waals surface area (Å²) in [5.74, 6) is 0. The van der Waals surface area contributed by atoms with Crippen LogP contribution in [0.1, 0.15) is 0 Å². The Bertz CT molecular complexity index is 513. The third-order valence-corrected chi connectivity index (χ3v) is 2.53. The van der Waals surface area contributed by atoms with Gasteiger partial charge >= 0.3 is 5.69 Å². The molecule has 0 amide bonds. The van der Waals surface area contributed by atoms with Crippen molar-refractivity contribution in [3.8, 4) is 5.69 Å². The fourth-order valence-electron chi connectivity index (χ4n) is 1.29. The minimum Gasteiger partial charge on any atom is -0.302 e. The molecule has 1 heterocycles. The number of hydrogen-bond acceptors (Lipinski definition) is 1. The van der Waals surface area contributed by atoms with Crippen molar-refractivity contribution in [2.75, 3.05) is 0 Å². The van der Waals surface area contributed by atoms with E-state index in [-0.39, 0.29) is 5.69 Å².